The maximum atomic E-state index is 11.8. The van der Waals surface area contributed by atoms with Crippen LogP contribution in [0.4, 0.5) is 0 Å². The molecule has 0 aliphatic heterocycles. The zero-order chi connectivity index (χ0) is 16.5. The highest BCUT2D eigenvalue weighted by Crippen LogP contribution is 2.28. The zero-order valence-corrected chi connectivity index (χ0v) is 13.5. The van der Waals surface area contributed by atoms with Gasteiger partial charge in [-0.1, -0.05) is 24.3 Å². The second-order valence-electron chi connectivity index (χ2n) is 4.52. The fourth-order valence-corrected chi connectivity index (χ4v) is 1.94. The van der Waals surface area contributed by atoms with E-state index in [4.69, 9.17) is 25.8 Å². The number of benzene rings is 2. The van der Waals surface area contributed by atoms with Crippen molar-refractivity contribution in [2.24, 2.45) is 0 Å². The van der Waals surface area contributed by atoms with Crippen LogP contribution in [-0.4, -0.2) is 25.6 Å². The summed E-state index contributed by atoms with van der Waals surface area (Å²) < 4.78 is 15.9. The molecule has 120 valence electrons. The highest BCUT2D eigenvalue weighted by molar-refractivity contribution is 6.18. The van der Waals surface area contributed by atoms with Crippen LogP contribution < -0.4 is 14.2 Å². The van der Waals surface area contributed by atoms with Gasteiger partial charge in [0.2, 0.25) is 0 Å². The van der Waals surface area contributed by atoms with Crippen molar-refractivity contribution in [1.29, 1.82) is 0 Å². The molecule has 0 aromatic heterocycles. The van der Waals surface area contributed by atoms with Crippen molar-refractivity contribution in [2.45, 2.75) is 0 Å². The number of halogens is 1. The van der Waals surface area contributed by atoms with Gasteiger partial charge in [-0.15, -0.1) is 11.6 Å². The Morgan fingerprint density at radius 2 is 1.91 bits per heavy atom. The highest BCUT2D eigenvalue weighted by atomic mass is 35.5. The van der Waals surface area contributed by atoms with Gasteiger partial charge in [-0.05, 0) is 35.9 Å². The van der Waals surface area contributed by atoms with E-state index < -0.39 is 5.97 Å². The van der Waals surface area contributed by atoms with Gasteiger partial charge >= 0.3 is 5.97 Å². The molecule has 0 bridgehead atoms. The van der Waals surface area contributed by atoms with Gasteiger partial charge in [0, 0.05) is 6.08 Å². The molecule has 4 nitrogen and oxygen atoms in total. The number of carbonyl (C=O) groups is 1. The molecule has 0 fully saturated rings. The van der Waals surface area contributed by atoms with E-state index >= 15 is 0 Å². The predicted octanol–water partition coefficient (Wildman–Crippen LogP) is 3.93. The number of carbonyl (C=O) groups excluding carboxylic acids is 1. The number of para-hydroxylation sites is 1. The molecule has 0 radical (unpaired) electrons. The third-order valence-corrected chi connectivity index (χ3v) is 3.05. The van der Waals surface area contributed by atoms with Gasteiger partial charge in [0.1, 0.15) is 12.4 Å². The minimum absolute atomic E-state index is 0.399. The van der Waals surface area contributed by atoms with Crippen molar-refractivity contribution in [1.82, 2.24) is 0 Å². The summed E-state index contributed by atoms with van der Waals surface area (Å²) >= 11 is 5.60. The summed E-state index contributed by atoms with van der Waals surface area (Å²) in [6, 6.07) is 14.3. The number of alkyl halides is 1. The normalized spacial score (nSPS) is 10.5. The fourth-order valence-electron chi connectivity index (χ4n) is 1.86. The summed E-state index contributed by atoms with van der Waals surface area (Å²) in [5, 5.41) is 0. The number of esters is 1. The van der Waals surface area contributed by atoms with Gasteiger partial charge in [0.25, 0.3) is 0 Å². The van der Waals surface area contributed by atoms with Gasteiger partial charge < -0.3 is 14.2 Å². The Labute approximate surface area is 140 Å². The lowest BCUT2D eigenvalue weighted by Gasteiger charge is -2.10. The van der Waals surface area contributed by atoms with Crippen LogP contribution >= 0.6 is 11.6 Å². The van der Waals surface area contributed by atoms with Crippen molar-refractivity contribution >= 4 is 23.6 Å². The fraction of sp³-hybridized carbons (Fsp3) is 0.167. The number of hydrogen-bond donors (Lipinski definition) is 0. The lowest BCUT2D eigenvalue weighted by molar-refractivity contribution is -0.128. The van der Waals surface area contributed by atoms with Gasteiger partial charge in [-0.3, -0.25) is 0 Å². The second-order valence-corrected chi connectivity index (χ2v) is 4.89. The quantitative estimate of drug-likeness (QED) is 0.333. The summed E-state index contributed by atoms with van der Waals surface area (Å²) in [5.41, 5.74) is 0.796. The van der Waals surface area contributed by atoms with E-state index in [0.717, 1.165) is 5.56 Å². The first-order valence-electron chi connectivity index (χ1n) is 7.04. The van der Waals surface area contributed by atoms with E-state index in [1.807, 2.05) is 12.1 Å². The second kappa shape index (κ2) is 8.86. The summed E-state index contributed by atoms with van der Waals surface area (Å²) in [5.74, 6) is 1.64. The highest BCUT2D eigenvalue weighted by Gasteiger charge is 2.05. The van der Waals surface area contributed by atoms with Crippen LogP contribution in [-0.2, 0) is 4.79 Å². The van der Waals surface area contributed by atoms with Crippen LogP contribution in [0.15, 0.2) is 54.6 Å². The smallest absolute Gasteiger partial charge is 0.336 e. The third-order valence-electron chi connectivity index (χ3n) is 2.90. The average Bonchev–Trinajstić information content (AvgIpc) is 2.59. The molecule has 2 aromatic carbocycles. The van der Waals surface area contributed by atoms with Crippen LogP contribution in [0.2, 0.25) is 0 Å². The predicted molar refractivity (Wildman–Crippen MR) is 90.3 cm³/mol. The van der Waals surface area contributed by atoms with Crippen LogP contribution in [0.25, 0.3) is 6.08 Å². The van der Waals surface area contributed by atoms with Crippen molar-refractivity contribution in [3.63, 3.8) is 0 Å². The van der Waals surface area contributed by atoms with E-state index in [-0.39, 0.29) is 0 Å². The molecule has 5 heteroatoms. The first kappa shape index (κ1) is 16.9. The zero-order valence-electron chi connectivity index (χ0n) is 12.7. The lowest BCUT2D eigenvalue weighted by Crippen LogP contribution is -2.03. The van der Waals surface area contributed by atoms with Crippen molar-refractivity contribution in [3.05, 3.63) is 60.2 Å². The Balaban J connectivity index is 2.02. The largest absolute Gasteiger partial charge is 0.493 e. The molecule has 0 amide bonds. The molecule has 0 aliphatic rings. The summed E-state index contributed by atoms with van der Waals surface area (Å²) in [6.07, 6.45) is 3.01. The van der Waals surface area contributed by atoms with Gasteiger partial charge in [0.05, 0.1) is 13.0 Å². The average molecular weight is 333 g/mol. The number of hydrogen-bond acceptors (Lipinski definition) is 4. The lowest BCUT2D eigenvalue weighted by atomic mass is 10.2. The van der Waals surface area contributed by atoms with E-state index in [9.17, 15) is 4.79 Å². The Kier molecular flexibility index (Phi) is 6.51. The van der Waals surface area contributed by atoms with E-state index in [1.165, 1.54) is 6.08 Å². The molecule has 2 rings (SSSR count). The maximum Gasteiger partial charge on any atom is 0.336 e. The topological polar surface area (TPSA) is 44.8 Å². The van der Waals surface area contributed by atoms with Gasteiger partial charge in [0.15, 0.2) is 11.5 Å². The Hall–Kier alpha value is -2.46. The Bertz CT molecular complexity index is 668. The van der Waals surface area contributed by atoms with E-state index in [0.29, 0.717) is 29.7 Å². The van der Waals surface area contributed by atoms with Crippen molar-refractivity contribution in [3.8, 4) is 17.2 Å². The molecule has 23 heavy (non-hydrogen) atoms. The molecule has 0 spiro atoms. The standard InChI is InChI=1S/C18H17ClO4/c1-21-17-13-14(7-9-16(17)22-12-11-19)8-10-18(20)23-15-5-3-2-4-6-15/h2-10,13H,11-12H2,1H3. The summed E-state index contributed by atoms with van der Waals surface area (Å²) in [4.78, 5) is 11.8. The van der Waals surface area contributed by atoms with E-state index in [2.05, 4.69) is 0 Å². The number of methoxy groups -OCH3 is 1. The summed E-state index contributed by atoms with van der Waals surface area (Å²) in [6.45, 7) is 0.399. The molecule has 0 saturated heterocycles. The molecule has 0 unspecified atom stereocenters. The van der Waals surface area contributed by atoms with Crippen molar-refractivity contribution < 1.29 is 19.0 Å². The molecule has 0 N–H and O–H groups in total. The molecular formula is C18H17ClO4. The summed E-state index contributed by atoms with van der Waals surface area (Å²) in [7, 11) is 1.56. The van der Waals surface area contributed by atoms with Crippen LogP contribution in [0.1, 0.15) is 5.56 Å². The first-order chi connectivity index (χ1) is 11.2. The molecular weight excluding hydrogens is 316 g/mol. The van der Waals surface area contributed by atoms with Gasteiger partial charge in [-0.25, -0.2) is 4.79 Å². The maximum absolute atomic E-state index is 11.8. The van der Waals surface area contributed by atoms with Crippen molar-refractivity contribution in [2.75, 3.05) is 19.6 Å². The first-order valence-corrected chi connectivity index (χ1v) is 7.58. The molecule has 0 heterocycles. The van der Waals surface area contributed by atoms with Crippen LogP contribution in [0.3, 0.4) is 0 Å². The number of ether oxygens (including phenoxy) is 3. The van der Waals surface area contributed by atoms with Gasteiger partial charge in [-0.2, -0.15) is 0 Å². The third kappa shape index (κ3) is 5.34. The number of rotatable bonds is 7. The van der Waals surface area contributed by atoms with Crippen LogP contribution in [0, 0.1) is 0 Å². The molecule has 0 saturated carbocycles. The SMILES string of the molecule is COc1cc(C=CC(=O)Oc2ccccc2)ccc1OCCCl. The Morgan fingerprint density at radius 1 is 1.13 bits per heavy atom. The molecule has 0 aliphatic carbocycles. The minimum Gasteiger partial charge on any atom is -0.493 e. The Morgan fingerprint density at radius 3 is 2.61 bits per heavy atom. The van der Waals surface area contributed by atoms with E-state index in [1.54, 1.807) is 49.6 Å². The minimum atomic E-state index is -0.447. The van der Waals surface area contributed by atoms with Crippen LogP contribution in [0.5, 0.6) is 17.2 Å². The monoisotopic (exact) mass is 332 g/mol. The molecule has 0 atom stereocenters. The molecule has 2 aromatic rings.